The second-order valence-corrected chi connectivity index (χ2v) is 5.90. The van der Waals surface area contributed by atoms with Crippen LogP contribution in [0.2, 0.25) is 0 Å². The van der Waals surface area contributed by atoms with E-state index < -0.39 is 0 Å². The predicted octanol–water partition coefficient (Wildman–Crippen LogP) is 2.72. The topological polar surface area (TPSA) is 70.8 Å². The van der Waals surface area contributed by atoms with E-state index in [4.69, 9.17) is 4.52 Å². The summed E-state index contributed by atoms with van der Waals surface area (Å²) in [6, 6.07) is 6.06. The quantitative estimate of drug-likeness (QED) is 0.805. The summed E-state index contributed by atoms with van der Waals surface area (Å²) in [4.78, 5) is 6.66. The Morgan fingerprint density at radius 2 is 2.17 bits per heavy atom. The average Bonchev–Trinajstić information content (AvgIpc) is 3.17. The van der Waals surface area contributed by atoms with Crippen molar-refractivity contribution in [3.05, 3.63) is 53.4 Å². The molecule has 0 radical (unpaired) electrons. The number of nitrogens with zero attached hydrogens (tertiary/aromatic N) is 4. The molecule has 0 bridgehead atoms. The van der Waals surface area contributed by atoms with Gasteiger partial charge < -0.3 is 4.52 Å². The minimum atomic E-state index is -0.282. The van der Waals surface area contributed by atoms with E-state index in [1.165, 1.54) is 23.4 Å². The van der Waals surface area contributed by atoms with Crippen LogP contribution in [0, 0.1) is 5.82 Å². The molecule has 0 fully saturated rings. The highest BCUT2D eigenvalue weighted by Crippen LogP contribution is 2.27. The molecule has 1 atom stereocenters. The van der Waals surface area contributed by atoms with Gasteiger partial charge in [-0.1, -0.05) is 12.1 Å². The van der Waals surface area contributed by atoms with Gasteiger partial charge >= 0.3 is 0 Å². The van der Waals surface area contributed by atoms with Crippen LogP contribution in [0.25, 0.3) is 11.4 Å². The SMILES string of the molecule is CC1CN(Cc2nc(-c3ccc(F)cc3)no2)Cc2cn[nH]c21. The van der Waals surface area contributed by atoms with Crippen molar-refractivity contribution in [3.8, 4) is 11.4 Å². The van der Waals surface area contributed by atoms with Crippen molar-refractivity contribution in [1.82, 2.24) is 25.2 Å². The van der Waals surface area contributed by atoms with Crippen molar-refractivity contribution in [2.24, 2.45) is 0 Å². The Morgan fingerprint density at radius 1 is 1.35 bits per heavy atom. The molecule has 1 unspecified atom stereocenters. The van der Waals surface area contributed by atoms with Crippen molar-refractivity contribution < 1.29 is 8.91 Å². The van der Waals surface area contributed by atoms with Crippen LogP contribution in [0.5, 0.6) is 0 Å². The van der Waals surface area contributed by atoms with Gasteiger partial charge in [0.05, 0.1) is 12.7 Å². The number of H-pyrrole nitrogens is 1. The van der Waals surface area contributed by atoms with Gasteiger partial charge in [-0.25, -0.2) is 4.39 Å². The van der Waals surface area contributed by atoms with Gasteiger partial charge in [0.15, 0.2) is 0 Å². The summed E-state index contributed by atoms with van der Waals surface area (Å²) >= 11 is 0. The zero-order chi connectivity index (χ0) is 15.8. The number of aromatic nitrogens is 4. The molecule has 0 saturated heterocycles. The molecule has 0 amide bonds. The summed E-state index contributed by atoms with van der Waals surface area (Å²) in [5, 5.41) is 11.2. The van der Waals surface area contributed by atoms with Crippen molar-refractivity contribution >= 4 is 0 Å². The number of halogens is 1. The maximum Gasteiger partial charge on any atom is 0.241 e. The molecule has 1 N–H and O–H groups in total. The molecule has 1 aliphatic rings. The van der Waals surface area contributed by atoms with E-state index in [2.05, 4.69) is 32.2 Å². The molecule has 1 aliphatic heterocycles. The highest BCUT2D eigenvalue weighted by Gasteiger charge is 2.25. The molecule has 23 heavy (non-hydrogen) atoms. The lowest BCUT2D eigenvalue weighted by molar-refractivity contribution is 0.195. The fraction of sp³-hybridized carbons (Fsp3) is 0.312. The maximum atomic E-state index is 13.0. The van der Waals surface area contributed by atoms with Crippen molar-refractivity contribution in [2.45, 2.75) is 25.9 Å². The average molecular weight is 313 g/mol. The minimum absolute atomic E-state index is 0.282. The standard InChI is InChI=1S/C16H16FN5O/c1-10-7-22(8-12-6-18-20-15(10)12)9-14-19-16(21-23-14)11-2-4-13(17)5-3-11/h2-6,10H,7-9H2,1H3,(H,18,20). The summed E-state index contributed by atoms with van der Waals surface area (Å²) in [6.07, 6.45) is 1.87. The van der Waals surface area contributed by atoms with Crippen LogP contribution >= 0.6 is 0 Å². The first kappa shape index (κ1) is 14.1. The summed E-state index contributed by atoms with van der Waals surface area (Å²) in [5.74, 6) is 1.15. The number of nitrogens with one attached hydrogen (secondary N) is 1. The first-order valence-corrected chi connectivity index (χ1v) is 7.52. The van der Waals surface area contributed by atoms with Crippen LogP contribution in [0.1, 0.15) is 30.0 Å². The lowest BCUT2D eigenvalue weighted by atomic mass is 9.99. The number of hydrogen-bond donors (Lipinski definition) is 1. The van der Waals surface area contributed by atoms with Gasteiger partial charge in [0.25, 0.3) is 0 Å². The van der Waals surface area contributed by atoms with Crippen LogP contribution in [0.4, 0.5) is 4.39 Å². The number of hydrogen-bond acceptors (Lipinski definition) is 5. The Balaban J connectivity index is 1.49. The first-order chi connectivity index (χ1) is 11.2. The van der Waals surface area contributed by atoms with Crippen molar-refractivity contribution in [3.63, 3.8) is 0 Å². The van der Waals surface area contributed by atoms with Gasteiger partial charge in [-0.05, 0) is 24.3 Å². The molecule has 0 saturated carbocycles. The molecule has 3 heterocycles. The molecular formula is C16H16FN5O. The number of benzene rings is 1. The molecule has 2 aromatic heterocycles. The van der Waals surface area contributed by atoms with Gasteiger partial charge in [0, 0.05) is 35.8 Å². The zero-order valence-electron chi connectivity index (χ0n) is 12.7. The van der Waals surface area contributed by atoms with Gasteiger partial charge in [-0.2, -0.15) is 10.1 Å². The Labute approximate surface area is 132 Å². The Hall–Kier alpha value is -2.54. The lowest BCUT2D eigenvalue weighted by Gasteiger charge is -2.29. The van der Waals surface area contributed by atoms with Crippen molar-refractivity contribution in [1.29, 1.82) is 0 Å². The van der Waals surface area contributed by atoms with Crippen LogP contribution in [-0.4, -0.2) is 31.8 Å². The smallest absolute Gasteiger partial charge is 0.241 e. The summed E-state index contributed by atoms with van der Waals surface area (Å²) in [7, 11) is 0. The summed E-state index contributed by atoms with van der Waals surface area (Å²) in [6.45, 7) is 4.47. The van der Waals surface area contributed by atoms with E-state index in [1.807, 2.05) is 6.20 Å². The van der Waals surface area contributed by atoms with Gasteiger partial charge in [-0.15, -0.1) is 0 Å². The fourth-order valence-electron chi connectivity index (χ4n) is 3.00. The maximum absolute atomic E-state index is 13.0. The molecule has 118 valence electrons. The highest BCUT2D eigenvalue weighted by atomic mass is 19.1. The molecule has 0 spiro atoms. The third-order valence-corrected chi connectivity index (χ3v) is 4.10. The van der Waals surface area contributed by atoms with E-state index in [1.54, 1.807) is 12.1 Å². The first-order valence-electron chi connectivity index (χ1n) is 7.52. The molecule has 1 aromatic carbocycles. The van der Waals surface area contributed by atoms with E-state index in [-0.39, 0.29) is 5.82 Å². The predicted molar refractivity (Wildman–Crippen MR) is 80.8 cm³/mol. The van der Waals surface area contributed by atoms with Crippen LogP contribution in [0.15, 0.2) is 35.0 Å². The third kappa shape index (κ3) is 2.75. The third-order valence-electron chi connectivity index (χ3n) is 4.10. The number of aromatic amines is 1. The number of rotatable bonds is 3. The highest BCUT2D eigenvalue weighted by molar-refractivity contribution is 5.53. The fourth-order valence-corrected chi connectivity index (χ4v) is 3.00. The van der Waals surface area contributed by atoms with Gasteiger partial charge in [-0.3, -0.25) is 10.00 Å². The monoisotopic (exact) mass is 313 g/mol. The Bertz CT molecular complexity index is 810. The summed E-state index contributed by atoms with van der Waals surface area (Å²) in [5.41, 5.74) is 3.16. The van der Waals surface area contributed by atoms with E-state index >= 15 is 0 Å². The molecule has 3 aromatic rings. The number of fused-ring (bicyclic) bond motifs is 1. The van der Waals surface area contributed by atoms with Gasteiger partial charge in [0.1, 0.15) is 5.82 Å². The molecule has 6 nitrogen and oxygen atoms in total. The summed E-state index contributed by atoms with van der Waals surface area (Å²) < 4.78 is 18.3. The van der Waals surface area contributed by atoms with Crippen LogP contribution < -0.4 is 0 Å². The second kappa shape index (κ2) is 5.58. The second-order valence-electron chi connectivity index (χ2n) is 5.90. The van der Waals surface area contributed by atoms with Gasteiger partial charge in [0.2, 0.25) is 11.7 Å². The van der Waals surface area contributed by atoms with E-state index in [9.17, 15) is 4.39 Å². The van der Waals surface area contributed by atoms with Crippen LogP contribution in [0.3, 0.4) is 0 Å². The molecule has 7 heteroatoms. The van der Waals surface area contributed by atoms with E-state index in [0.29, 0.717) is 24.2 Å². The Kier molecular flexibility index (Phi) is 3.42. The largest absolute Gasteiger partial charge is 0.338 e. The lowest BCUT2D eigenvalue weighted by Crippen LogP contribution is -2.32. The minimum Gasteiger partial charge on any atom is -0.338 e. The van der Waals surface area contributed by atoms with Crippen LogP contribution in [-0.2, 0) is 13.1 Å². The van der Waals surface area contributed by atoms with E-state index in [0.717, 1.165) is 18.7 Å². The molecule has 4 rings (SSSR count). The van der Waals surface area contributed by atoms with Crippen molar-refractivity contribution in [2.75, 3.05) is 6.54 Å². The Morgan fingerprint density at radius 3 is 3.00 bits per heavy atom. The zero-order valence-corrected chi connectivity index (χ0v) is 12.7. The molecule has 0 aliphatic carbocycles. The molecular weight excluding hydrogens is 297 g/mol. The normalized spacial score (nSPS) is 18.1.